The highest BCUT2D eigenvalue weighted by molar-refractivity contribution is 7.17. The third kappa shape index (κ3) is 3.51. The number of benzene rings is 2. The Kier molecular flexibility index (Phi) is 4.88. The summed E-state index contributed by atoms with van der Waals surface area (Å²) in [6.45, 7) is 4.19. The van der Waals surface area contributed by atoms with E-state index in [1.165, 1.54) is 11.3 Å². The molecule has 0 unspecified atom stereocenters. The zero-order chi connectivity index (χ0) is 19.7. The molecule has 5 nitrogen and oxygen atoms in total. The molecular weight excluding hydrogens is 368 g/mol. The fourth-order valence-electron chi connectivity index (χ4n) is 3.12. The number of hydrogen-bond acceptors (Lipinski definition) is 5. The number of nitrogens with zero attached hydrogens (tertiary/aromatic N) is 4. The Morgan fingerprint density at radius 1 is 0.929 bits per heavy atom. The summed E-state index contributed by atoms with van der Waals surface area (Å²) >= 11 is 1.42. The van der Waals surface area contributed by atoms with Crippen molar-refractivity contribution in [2.75, 3.05) is 7.05 Å². The van der Waals surface area contributed by atoms with Crippen molar-refractivity contribution in [3.8, 4) is 10.6 Å². The molecule has 4 rings (SSSR count). The van der Waals surface area contributed by atoms with Gasteiger partial charge in [-0.3, -0.25) is 4.79 Å². The molecule has 0 aliphatic rings. The molecule has 0 aliphatic carbocycles. The minimum Gasteiger partial charge on any atom is -0.333 e. The maximum atomic E-state index is 13.0. The Balaban J connectivity index is 1.58. The molecule has 0 saturated heterocycles. The van der Waals surface area contributed by atoms with Gasteiger partial charge in [0.25, 0.3) is 5.91 Å². The first kappa shape index (κ1) is 18.3. The zero-order valence-electron chi connectivity index (χ0n) is 16.0. The van der Waals surface area contributed by atoms with E-state index in [1.807, 2.05) is 68.4 Å². The quantitative estimate of drug-likeness (QED) is 0.511. The van der Waals surface area contributed by atoms with Crippen molar-refractivity contribution in [3.63, 3.8) is 0 Å². The second-order valence-corrected chi connectivity index (χ2v) is 7.70. The van der Waals surface area contributed by atoms with Crippen LogP contribution in [0.5, 0.6) is 0 Å². The van der Waals surface area contributed by atoms with E-state index in [9.17, 15) is 4.79 Å². The van der Waals surface area contributed by atoms with Crippen LogP contribution < -0.4 is 0 Å². The van der Waals surface area contributed by atoms with Crippen molar-refractivity contribution in [1.29, 1.82) is 0 Å². The highest BCUT2D eigenvalue weighted by Crippen LogP contribution is 2.28. The summed E-state index contributed by atoms with van der Waals surface area (Å²) in [5.74, 6) is 0.573. The second kappa shape index (κ2) is 7.48. The van der Waals surface area contributed by atoms with Crippen LogP contribution >= 0.6 is 11.3 Å². The van der Waals surface area contributed by atoms with Crippen molar-refractivity contribution < 1.29 is 4.79 Å². The molecule has 28 heavy (non-hydrogen) atoms. The predicted molar refractivity (Wildman–Crippen MR) is 112 cm³/mol. The fraction of sp³-hybridized carbons (Fsp3) is 0.182. The molecule has 2 aromatic heterocycles. The number of aryl methyl sites for hydroxylation is 2. The molecule has 0 bridgehead atoms. The van der Waals surface area contributed by atoms with Gasteiger partial charge in [0.15, 0.2) is 0 Å². The number of para-hydroxylation sites is 1. The molecule has 1 amide bonds. The summed E-state index contributed by atoms with van der Waals surface area (Å²) in [6, 6.07) is 17.8. The summed E-state index contributed by atoms with van der Waals surface area (Å²) in [5, 5.41) is 1.89. The lowest BCUT2D eigenvalue weighted by Crippen LogP contribution is -2.27. The average Bonchev–Trinajstić information content (AvgIpc) is 3.10. The summed E-state index contributed by atoms with van der Waals surface area (Å²) in [6.07, 6.45) is 0. The number of hydrogen-bond donors (Lipinski definition) is 0. The topological polar surface area (TPSA) is 59.0 Å². The first-order valence-corrected chi connectivity index (χ1v) is 9.85. The highest BCUT2D eigenvalue weighted by Gasteiger charge is 2.20. The molecule has 0 spiro atoms. The summed E-state index contributed by atoms with van der Waals surface area (Å²) < 4.78 is 0. The van der Waals surface area contributed by atoms with Crippen LogP contribution in [0.1, 0.15) is 26.9 Å². The van der Waals surface area contributed by atoms with Crippen molar-refractivity contribution in [2.45, 2.75) is 20.4 Å². The maximum absolute atomic E-state index is 13.0. The SMILES string of the molecule is Cc1nc(-c2ccccc2)sc1C(=O)N(C)Cc1nc(C)c2ccccc2n1. The van der Waals surface area contributed by atoms with Crippen LogP contribution in [0, 0.1) is 13.8 Å². The molecule has 0 aliphatic heterocycles. The predicted octanol–water partition coefficient (Wildman–Crippen LogP) is 4.64. The van der Waals surface area contributed by atoms with E-state index in [4.69, 9.17) is 0 Å². The molecular formula is C22H20N4OS. The van der Waals surface area contributed by atoms with Gasteiger partial charge in [-0.25, -0.2) is 15.0 Å². The van der Waals surface area contributed by atoms with Crippen LogP contribution in [0.2, 0.25) is 0 Å². The van der Waals surface area contributed by atoms with E-state index >= 15 is 0 Å². The zero-order valence-corrected chi connectivity index (χ0v) is 16.8. The average molecular weight is 388 g/mol. The van der Waals surface area contributed by atoms with Gasteiger partial charge in [0.2, 0.25) is 0 Å². The third-order valence-electron chi connectivity index (χ3n) is 4.58. The Morgan fingerprint density at radius 2 is 1.64 bits per heavy atom. The van der Waals surface area contributed by atoms with Gasteiger partial charge < -0.3 is 4.90 Å². The van der Waals surface area contributed by atoms with E-state index in [0.717, 1.165) is 32.9 Å². The molecule has 0 saturated carbocycles. The van der Waals surface area contributed by atoms with Gasteiger partial charge in [0.1, 0.15) is 15.7 Å². The number of aromatic nitrogens is 3. The Labute approximate surface area is 167 Å². The van der Waals surface area contributed by atoms with Crippen LogP contribution in [0.15, 0.2) is 54.6 Å². The van der Waals surface area contributed by atoms with Crippen LogP contribution in [0.3, 0.4) is 0 Å². The lowest BCUT2D eigenvalue weighted by molar-refractivity contribution is 0.0785. The lowest BCUT2D eigenvalue weighted by Gasteiger charge is -2.16. The van der Waals surface area contributed by atoms with Crippen LogP contribution in [0.25, 0.3) is 21.5 Å². The minimum atomic E-state index is -0.0633. The fourth-order valence-corrected chi connectivity index (χ4v) is 4.19. The van der Waals surface area contributed by atoms with Crippen molar-refractivity contribution in [3.05, 3.63) is 76.7 Å². The van der Waals surface area contributed by atoms with E-state index < -0.39 is 0 Å². The second-order valence-electron chi connectivity index (χ2n) is 6.70. The van der Waals surface area contributed by atoms with Gasteiger partial charge in [-0.1, -0.05) is 48.5 Å². The third-order valence-corrected chi connectivity index (χ3v) is 5.77. The molecule has 2 heterocycles. The largest absolute Gasteiger partial charge is 0.333 e. The Hall–Kier alpha value is -3.12. The molecule has 0 radical (unpaired) electrons. The van der Waals surface area contributed by atoms with Gasteiger partial charge >= 0.3 is 0 Å². The lowest BCUT2D eigenvalue weighted by atomic mass is 10.2. The van der Waals surface area contributed by atoms with Crippen LogP contribution in [-0.4, -0.2) is 32.8 Å². The minimum absolute atomic E-state index is 0.0633. The molecule has 140 valence electrons. The first-order valence-electron chi connectivity index (χ1n) is 9.03. The van der Waals surface area contributed by atoms with Gasteiger partial charge in [0.05, 0.1) is 17.8 Å². The van der Waals surface area contributed by atoms with Gasteiger partial charge in [-0.15, -0.1) is 11.3 Å². The van der Waals surface area contributed by atoms with Gasteiger partial charge in [-0.05, 0) is 19.9 Å². The van der Waals surface area contributed by atoms with Crippen molar-refractivity contribution in [1.82, 2.24) is 19.9 Å². The molecule has 6 heteroatoms. The summed E-state index contributed by atoms with van der Waals surface area (Å²) in [4.78, 5) is 29.1. The molecule has 4 aromatic rings. The number of carbonyl (C=O) groups is 1. The molecule has 0 atom stereocenters. The van der Waals surface area contributed by atoms with E-state index in [1.54, 1.807) is 11.9 Å². The number of carbonyl (C=O) groups excluding carboxylic acids is 1. The van der Waals surface area contributed by atoms with E-state index in [0.29, 0.717) is 17.2 Å². The van der Waals surface area contributed by atoms with Crippen molar-refractivity contribution in [2.24, 2.45) is 0 Å². The maximum Gasteiger partial charge on any atom is 0.266 e. The Morgan fingerprint density at radius 3 is 2.43 bits per heavy atom. The Bertz CT molecular complexity index is 1150. The number of rotatable bonds is 4. The van der Waals surface area contributed by atoms with E-state index in [2.05, 4.69) is 15.0 Å². The van der Waals surface area contributed by atoms with Crippen LogP contribution in [-0.2, 0) is 6.54 Å². The number of amides is 1. The van der Waals surface area contributed by atoms with Crippen LogP contribution in [0.4, 0.5) is 0 Å². The summed E-state index contributed by atoms with van der Waals surface area (Å²) in [7, 11) is 1.78. The highest BCUT2D eigenvalue weighted by atomic mass is 32.1. The summed E-state index contributed by atoms with van der Waals surface area (Å²) in [5.41, 5.74) is 3.58. The van der Waals surface area contributed by atoms with Gasteiger partial charge in [-0.2, -0.15) is 0 Å². The normalized spacial score (nSPS) is 11.0. The molecule has 2 aromatic carbocycles. The molecule has 0 fully saturated rings. The number of fused-ring (bicyclic) bond motifs is 1. The molecule has 0 N–H and O–H groups in total. The van der Waals surface area contributed by atoms with Gasteiger partial charge in [0, 0.05) is 23.7 Å². The van der Waals surface area contributed by atoms with Crippen molar-refractivity contribution >= 4 is 28.1 Å². The monoisotopic (exact) mass is 388 g/mol. The first-order chi connectivity index (χ1) is 13.5. The number of thiazole rings is 1. The standard InChI is InChI=1S/C22H20N4OS/c1-14-17-11-7-8-12-18(17)25-19(23-14)13-26(3)22(27)20-15(2)24-21(28-20)16-9-5-4-6-10-16/h4-12H,13H2,1-3H3. The smallest absolute Gasteiger partial charge is 0.266 e. The van der Waals surface area contributed by atoms with E-state index in [-0.39, 0.29) is 5.91 Å².